The van der Waals surface area contributed by atoms with Gasteiger partial charge in [0.1, 0.15) is 11.6 Å². The number of allylic oxidation sites excluding steroid dienone is 4. The predicted octanol–water partition coefficient (Wildman–Crippen LogP) is 12.8. The Morgan fingerprint density at radius 2 is 1.19 bits per heavy atom. The molecule has 6 aromatic carbocycles. The molecular formula is C50H40N4. The summed E-state index contributed by atoms with van der Waals surface area (Å²) in [7, 11) is 4.10. The van der Waals surface area contributed by atoms with E-state index in [1.54, 1.807) is 6.08 Å². The summed E-state index contributed by atoms with van der Waals surface area (Å²) in [6.07, 6.45) is 9.36. The summed E-state index contributed by atoms with van der Waals surface area (Å²) in [6.45, 7) is 16.2. The highest BCUT2D eigenvalue weighted by atomic mass is 15.1. The van der Waals surface area contributed by atoms with Gasteiger partial charge in [-0.25, -0.2) is 9.97 Å². The summed E-state index contributed by atoms with van der Waals surface area (Å²) in [6, 6.07) is 45.3. The maximum atomic E-state index is 5.01. The maximum Gasteiger partial charge on any atom is 0.140 e. The van der Waals surface area contributed by atoms with E-state index in [4.69, 9.17) is 9.97 Å². The van der Waals surface area contributed by atoms with Gasteiger partial charge in [0.05, 0.1) is 22.4 Å². The van der Waals surface area contributed by atoms with E-state index >= 15 is 0 Å². The molecule has 4 heteroatoms. The zero-order chi connectivity index (χ0) is 37.3. The van der Waals surface area contributed by atoms with Crippen molar-refractivity contribution in [1.29, 1.82) is 0 Å². The van der Waals surface area contributed by atoms with Crippen LogP contribution in [-0.2, 0) is 14.1 Å². The number of benzene rings is 6. The molecule has 0 N–H and O–H groups in total. The number of aromatic nitrogens is 4. The van der Waals surface area contributed by atoms with E-state index in [1.165, 1.54) is 0 Å². The van der Waals surface area contributed by atoms with Gasteiger partial charge in [0, 0.05) is 25.2 Å². The second kappa shape index (κ2) is 14.2. The average Bonchev–Trinajstić information content (AvgIpc) is 3.74. The molecule has 0 radical (unpaired) electrons. The number of rotatable bonds is 10. The molecule has 2 aromatic heterocycles. The third kappa shape index (κ3) is 5.75. The Labute approximate surface area is 316 Å². The first-order chi connectivity index (χ1) is 26.4. The normalized spacial score (nSPS) is 11.6. The average molecular weight is 697 g/mol. The Morgan fingerprint density at radius 3 is 1.83 bits per heavy atom. The monoisotopic (exact) mass is 696 g/mol. The molecule has 0 aliphatic rings. The highest BCUT2D eigenvalue weighted by molar-refractivity contribution is 6.08. The summed E-state index contributed by atoms with van der Waals surface area (Å²) in [5.74, 6) is 1.78. The van der Waals surface area contributed by atoms with Crippen LogP contribution >= 0.6 is 0 Å². The van der Waals surface area contributed by atoms with Crippen molar-refractivity contribution in [3.8, 4) is 56.2 Å². The molecule has 0 aliphatic heterocycles. The lowest BCUT2D eigenvalue weighted by molar-refractivity contribution is 0.913. The molecule has 8 rings (SSSR count). The van der Waals surface area contributed by atoms with Crippen LogP contribution in [0.15, 0.2) is 172 Å². The van der Waals surface area contributed by atoms with Gasteiger partial charge in [0.2, 0.25) is 0 Å². The van der Waals surface area contributed by atoms with Crippen molar-refractivity contribution in [3.05, 3.63) is 189 Å². The molecule has 54 heavy (non-hydrogen) atoms. The van der Waals surface area contributed by atoms with Crippen molar-refractivity contribution in [2.24, 2.45) is 14.1 Å². The van der Waals surface area contributed by atoms with Crippen molar-refractivity contribution in [3.63, 3.8) is 0 Å². The highest BCUT2D eigenvalue weighted by Crippen LogP contribution is 2.43. The van der Waals surface area contributed by atoms with Crippen LogP contribution < -0.4 is 0 Å². The van der Waals surface area contributed by atoms with Crippen molar-refractivity contribution in [1.82, 2.24) is 19.1 Å². The third-order valence-electron chi connectivity index (χ3n) is 10.3. The number of para-hydroxylation sites is 2. The van der Waals surface area contributed by atoms with Gasteiger partial charge in [0.25, 0.3) is 0 Å². The second-order valence-corrected chi connectivity index (χ2v) is 13.3. The molecule has 0 spiro atoms. The Kier molecular flexibility index (Phi) is 8.94. The van der Waals surface area contributed by atoms with Crippen LogP contribution in [0.3, 0.4) is 0 Å². The molecule has 260 valence electrons. The fraction of sp³-hybridized carbons (Fsp3) is 0.0400. The smallest absolute Gasteiger partial charge is 0.140 e. The van der Waals surface area contributed by atoms with Crippen molar-refractivity contribution < 1.29 is 0 Å². The quantitative estimate of drug-likeness (QED) is 0.133. The van der Waals surface area contributed by atoms with Crippen LogP contribution in [0.4, 0.5) is 0 Å². The summed E-state index contributed by atoms with van der Waals surface area (Å²) in [5, 5.41) is 2.32. The minimum Gasteiger partial charge on any atom is -0.327 e. The minimum absolute atomic E-state index is 0.817. The third-order valence-corrected chi connectivity index (χ3v) is 10.3. The van der Waals surface area contributed by atoms with Crippen molar-refractivity contribution in [2.75, 3.05) is 0 Å². The molecular weight excluding hydrogens is 657 g/mol. The Balaban J connectivity index is 1.33. The summed E-state index contributed by atoms with van der Waals surface area (Å²) < 4.78 is 4.23. The van der Waals surface area contributed by atoms with Gasteiger partial charge in [-0.1, -0.05) is 148 Å². The molecule has 0 fully saturated rings. The SMILES string of the molecule is C=C/C=C(\C=C)c1cc(-c2nc3ccccc3n2C)ccc1-c1cccc2c(-c3ccc(-c4nc(C=C)c(C=C)n4C)cc3-c3ccccc3)cccc12. The lowest BCUT2D eigenvalue weighted by Crippen LogP contribution is -1.97. The van der Waals surface area contributed by atoms with E-state index in [0.29, 0.717) is 0 Å². The number of aryl methyl sites for hydroxylation is 1. The van der Waals surface area contributed by atoms with Gasteiger partial charge >= 0.3 is 0 Å². The van der Waals surface area contributed by atoms with Gasteiger partial charge in [-0.05, 0) is 91.7 Å². The summed E-state index contributed by atoms with van der Waals surface area (Å²) >= 11 is 0. The number of nitrogens with zero attached hydrogens (tertiary/aromatic N) is 4. The first kappa shape index (κ1) is 34.1. The van der Waals surface area contributed by atoms with E-state index in [2.05, 4.69) is 164 Å². The minimum atomic E-state index is 0.817. The lowest BCUT2D eigenvalue weighted by atomic mass is 9.86. The van der Waals surface area contributed by atoms with Crippen LogP contribution in [0.2, 0.25) is 0 Å². The number of hydrogen-bond acceptors (Lipinski definition) is 2. The van der Waals surface area contributed by atoms with Gasteiger partial charge in [-0.2, -0.15) is 0 Å². The van der Waals surface area contributed by atoms with Gasteiger partial charge < -0.3 is 9.13 Å². The van der Waals surface area contributed by atoms with Gasteiger partial charge in [-0.15, -0.1) is 0 Å². The van der Waals surface area contributed by atoms with E-state index in [0.717, 1.165) is 100 Å². The van der Waals surface area contributed by atoms with Crippen molar-refractivity contribution >= 4 is 39.5 Å². The van der Waals surface area contributed by atoms with Crippen LogP contribution in [0, 0.1) is 0 Å². The maximum absolute atomic E-state index is 5.01. The molecule has 2 heterocycles. The highest BCUT2D eigenvalue weighted by Gasteiger charge is 2.19. The Bertz CT molecular complexity index is 2810. The number of hydrogen-bond donors (Lipinski definition) is 0. The molecule has 0 amide bonds. The predicted molar refractivity (Wildman–Crippen MR) is 231 cm³/mol. The number of fused-ring (bicyclic) bond motifs is 2. The fourth-order valence-electron chi connectivity index (χ4n) is 7.69. The molecule has 8 aromatic rings. The first-order valence-corrected chi connectivity index (χ1v) is 18.0. The van der Waals surface area contributed by atoms with E-state index in [1.807, 2.05) is 37.4 Å². The molecule has 0 saturated carbocycles. The van der Waals surface area contributed by atoms with E-state index in [-0.39, 0.29) is 0 Å². The second-order valence-electron chi connectivity index (χ2n) is 13.3. The zero-order valence-electron chi connectivity index (χ0n) is 30.6. The summed E-state index contributed by atoms with van der Waals surface area (Å²) in [5.41, 5.74) is 14.7. The van der Waals surface area contributed by atoms with Crippen LogP contribution in [0.5, 0.6) is 0 Å². The topological polar surface area (TPSA) is 35.6 Å². The van der Waals surface area contributed by atoms with Crippen LogP contribution in [-0.4, -0.2) is 19.1 Å². The van der Waals surface area contributed by atoms with Gasteiger partial charge in [-0.3, -0.25) is 0 Å². The lowest BCUT2D eigenvalue weighted by Gasteiger charge is -2.18. The molecule has 0 saturated heterocycles. The largest absolute Gasteiger partial charge is 0.327 e. The molecule has 0 aliphatic carbocycles. The number of imidazole rings is 2. The van der Waals surface area contributed by atoms with Gasteiger partial charge in [0.15, 0.2) is 0 Å². The van der Waals surface area contributed by atoms with E-state index in [9.17, 15) is 0 Å². The molecule has 0 bridgehead atoms. The molecule has 0 unspecified atom stereocenters. The van der Waals surface area contributed by atoms with Crippen LogP contribution in [0.1, 0.15) is 17.0 Å². The standard InChI is InChI=1S/C50H40N4/c1-7-18-33(8-2)43-31-35(50-52-46-25-14-15-26-48(46)54(50)6)27-29-41(43)39-23-16-22-38-37(39)21-17-24-40(38)42-30-28-36(32-44(42)34-19-12-11-13-20-34)49-51-45(9-3)47(10-4)53(49)5/h7-32H,1-4H2,5-6H3/b33-18+. The van der Waals surface area contributed by atoms with Crippen molar-refractivity contribution in [2.45, 2.75) is 0 Å². The first-order valence-electron chi connectivity index (χ1n) is 18.0. The fourth-order valence-corrected chi connectivity index (χ4v) is 7.69. The molecule has 4 nitrogen and oxygen atoms in total. The molecule has 0 atom stereocenters. The van der Waals surface area contributed by atoms with Crippen LogP contribution in [0.25, 0.3) is 95.7 Å². The Hall–Kier alpha value is -7.04. The zero-order valence-corrected chi connectivity index (χ0v) is 30.6. The summed E-state index contributed by atoms with van der Waals surface area (Å²) in [4.78, 5) is 9.95. The van der Waals surface area contributed by atoms with E-state index < -0.39 is 0 Å². The Morgan fingerprint density at radius 1 is 0.537 bits per heavy atom.